The van der Waals surface area contributed by atoms with Crippen molar-refractivity contribution in [2.24, 2.45) is 0 Å². The van der Waals surface area contributed by atoms with Gasteiger partial charge in [0.15, 0.2) is 5.78 Å². The Morgan fingerprint density at radius 2 is 2.00 bits per heavy atom. The van der Waals surface area contributed by atoms with Crippen molar-refractivity contribution in [3.63, 3.8) is 0 Å². The van der Waals surface area contributed by atoms with E-state index in [4.69, 9.17) is 0 Å². The second-order valence-electron chi connectivity index (χ2n) is 2.65. The van der Waals surface area contributed by atoms with Crippen molar-refractivity contribution in [1.29, 1.82) is 0 Å². The van der Waals surface area contributed by atoms with Gasteiger partial charge in [-0.15, -0.1) is 5.92 Å². The van der Waals surface area contributed by atoms with Crippen LogP contribution >= 0.6 is 8.58 Å². The van der Waals surface area contributed by atoms with Crippen molar-refractivity contribution >= 4 is 14.4 Å². The Kier molecular flexibility index (Phi) is 5.10. The van der Waals surface area contributed by atoms with E-state index in [1.54, 1.807) is 12.1 Å². The highest BCUT2D eigenvalue weighted by molar-refractivity contribution is 7.49. The maximum absolute atomic E-state index is 11.5. The smallest absolute Gasteiger partial charge is 0.174 e. The molecule has 0 amide bonds. The van der Waals surface area contributed by atoms with E-state index in [1.807, 2.05) is 18.2 Å². The molecule has 0 unspecified atom stereocenters. The Bertz CT molecular complexity index is 440. The van der Waals surface area contributed by atoms with Crippen LogP contribution in [0.25, 0.3) is 0 Å². The zero-order valence-corrected chi connectivity index (χ0v) is 9.05. The largest absolute Gasteiger partial charge is 0.503 e. The first-order chi connectivity index (χ1) is 7.34. The van der Waals surface area contributed by atoms with Gasteiger partial charge < -0.3 is 25.8 Å². The Hall–Kier alpha value is -1.69. The normalized spacial score (nSPS) is 8.80. The molecule has 0 bridgehead atoms. The maximum atomic E-state index is 11.5. The van der Waals surface area contributed by atoms with Gasteiger partial charge in [0, 0.05) is 5.56 Å². The molecule has 1 aromatic rings. The minimum Gasteiger partial charge on any atom is -0.503 e. The summed E-state index contributed by atoms with van der Waals surface area (Å²) in [6.45, 7) is 3.36. The average Bonchev–Trinajstić information content (AvgIpc) is 2.30. The zero-order valence-electron chi connectivity index (χ0n) is 8.16. The van der Waals surface area contributed by atoms with Crippen LogP contribution in [0, 0.1) is 30.1 Å². The molecule has 0 N–H and O–H groups in total. The van der Waals surface area contributed by atoms with E-state index in [9.17, 15) is 4.79 Å². The van der Waals surface area contributed by atoms with Crippen LogP contribution in [-0.2, 0) is 0 Å². The van der Waals surface area contributed by atoms with Crippen LogP contribution in [0.15, 0.2) is 30.3 Å². The van der Waals surface area contributed by atoms with Crippen molar-refractivity contribution < 1.29 is 4.79 Å². The molecule has 0 aliphatic rings. The van der Waals surface area contributed by atoms with E-state index >= 15 is 0 Å². The molecule has 0 saturated carbocycles. The standard InChI is InChI=1S/C13H9OP/c1-2-10-15-11-6-9-13(14)12-7-4-3-5-8-12/h3-5,7-8H,1,9H2/q-2. The predicted octanol–water partition coefficient (Wildman–Crippen LogP) is 2.96. The summed E-state index contributed by atoms with van der Waals surface area (Å²) in [5.41, 5.74) is 6.16. The summed E-state index contributed by atoms with van der Waals surface area (Å²) in [6.07, 6.45) is 0.246. The molecule has 15 heavy (non-hydrogen) atoms. The van der Waals surface area contributed by atoms with Gasteiger partial charge in [0.25, 0.3) is 0 Å². The number of carbonyl (C=O) groups is 1. The molecule has 0 atom stereocenters. The molecule has 0 aromatic heterocycles. The van der Waals surface area contributed by atoms with E-state index < -0.39 is 0 Å². The fourth-order valence-corrected chi connectivity index (χ4v) is 1.25. The van der Waals surface area contributed by atoms with Gasteiger partial charge in [0.1, 0.15) is 0 Å². The third-order valence-corrected chi connectivity index (χ3v) is 2.15. The number of Topliss-reactive ketones (excluding diaryl/α,β-unsaturated/α-hetero) is 1. The summed E-state index contributed by atoms with van der Waals surface area (Å²) in [4.78, 5) is 11.5. The average molecular weight is 212 g/mol. The van der Waals surface area contributed by atoms with Gasteiger partial charge in [0.2, 0.25) is 0 Å². The number of hydrogen-bond acceptors (Lipinski definition) is 1. The molecule has 1 nitrogen and oxygen atoms in total. The molecule has 0 radical (unpaired) electrons. The number of carbonyl (C=O) groups excluding carboxylic acids is 1. The third-order valence-electron chi connectivity index (χ3n) is 1.61. The van der Waals surface area contributed by atoms with Gasteiger partial charge in [0.05, 0.1) is 6.42 Å². The number of hydrogen-bond donors (Lipinski definition) is 0. The molecular weight excluding hydrogens is 203 g/mol. The summed E-state index contributed by atoms with van der Waals surface area (Å²) < 4.78 is 0. The number of benzene rings is 1. The van der Waals surface area contributed by atoms with Gasteiger partial charge in [-0.25, -0.2) is 6.92 Å². The second kappa shape index (κ2) is 6.72. The summed E-state index contributed by atoms with van der Waals surface area (Å²) in [5.74, 6) is 5.31. The van der Waals surface area contributed by atoms with Crippen molar-refractivity contribution in [3.05, 3.63) is 42.8 Å². The van der Waals surface area contributed by atoms with Gasteiger partial charge >= 0.3 is 0 Å². The van der Waals surface area contributed by atoms with Crippen LogP contribution in [0.5, 0.6) is 0 Å². The lowest BCUT2D eigenvalue weighted by Crippen LogP contribution is -1.95. The topological polar surface area (TPSA) is 17.1 Å². The zero-order chi connectivity index (χ0) is 10.9. The lowest BCUT2D eigenvalue weighted by atomic mass is 10.1. The van der Waals surface area contributed by atoms with Gasteiger partial charge in [-0.2, -0.15) is 0 Å². The van der Waals surface area contributed by atoms with Crippen LogP contribution in [0.4, 0.5) is 0 Å². The SMILES string of the molecule is [CH2-]C#C[P-]C#CCC(=O)c1ccccc1. The highest BCUT2D eigenvalue weighted by atomic mass is 31.1. The van der Waals surface area contributed by atoms with Crippen LogP contribution in [0.3, 0.4) is 0 Å². The van der Waals surface area contributed by atoms with E-state index in [-0.39, 0.29) is 12.2 Å². The lowest BCUT2D eigenvalue weighted by Gasteiger charge is -2.03. The Morgan fingerprint density at radius 3 is 2.67 bits per heavy atom. The molecule has 0 aliphatic carbocycles. The van der Waals surface area contributed by atoms with Crippen molar-refractivity contribution in [2.75, 3.05) is 0 Å². The van der Waals surface area contributed by atoms with Crippen LogP contribution < -0.4 is 0 Å². The molecule has 74 valence electrons. The molecular formula is C13H9OP-2. The maximum Gasteiger partial charge on any atom is 0.174 e. The first-order valence-corrected chi connectivity index (χ1v) is 5.27. The summed E-state index contributed by atoms with van der Waals surface area (Å²) >= 11 is 0. The molecule has 2 heteroatoms. The highest BCUT2D eigenvalue weighted by Crippen LogP contribution is 2.04. The fourth-order valence-electron chi connectivity index (χ4n) is 0.953. The number of rotatable bonds is 2. The van der Waals surface area contributed by atoms with Crippen molar-refractivity contribution in [3.8, 4) is 23.2 Å². The van der Waals surface area contributed by atoms with Crippen LogP contribution in [0.2, 0.25) is 0 Å². The molecule has 0 spiro atoms. The third kappa shape index (κ3) is 4.37. The minimum absolute atomic E-state index is 0.0425. The second-order valence-corrected chi connectivity index (χ2v) is 3.33. The minimum atomic E-state index is 0.0425. The Morgan fingerprint density at radius 1 is 1.27 bits per heavy atom. The van der Waals surface area contributed by atoms with Gasteiger partial charge in [-0.3, -0.25) is 4.79 Å². The Balaban J connectivity index is 2.48. The van der Waals surface area contributed by atoms with Crippen LogP contribution in [-0.4, -0.2) is 5.78 Å². The molecule has 0 fully saturated rings. The highest BCUT2D eigenvalue weighted by Gasteiger charge is 2.00. The summed E-state index contributed by atoms with van der Waals surface area (Å²) in [5, 5.41) is 0. The first kappa shape index (κ1) is 11.4. The van der Waals surface area contributed by atoms with Crippen molar-refractivity contribution in [2.45, 2.75) is 6.42 Å². The van der Waals surface area contributed by atoms with E-state index in [1.165, 1.54) is 0 Å². The van der Waals surface area contributed by atoms with E-state index in [0.29, 0.717) is 14.1 Å². The van der Waals surface area contributed by atoms with Gasteiger partial charge in [-0.1, -0.05) is 30.3 Å². The fraction of sp³-hybridized carbons (Fsp3) is 0.0769. The monoisotopic (exact) mass is 212 g/mol. The number of ketones is 1. The Labute approximate surface area is 92.1 Å². The first-order valence-electron chi connectivity index (χ1n) is 4.37. The van der Waals surface area contributed by atoms with E-state index in [2.05, 4.69) is 30.1 Å². The molecule has 0 saturated heterocycles. The molecule has 1 rings (SSSR count). The van der Waals surface area contributed by atoms with Gasteiger partial charge in [-0.05, 0) is 0 Å². The molecule has 0 heterocycles. The van der Waals surface area contributed by atoms with Crippen LogP contribution in [0.1, 0.15) is 16.8 Å². The lowest BCUT2D eigenvalue weighted by molar-refractivity contribution is 0.0998. The van der Waals surface area contributed by atoms with Crippen molar-refractivity contribution in [1.82, 2.24) is 0 Å². The van der Waals surface area contributed by atoms with E-state index in [0.717, 1.165) is 0 Å². The predicted molar refractivity (Wildman–Crippen MR) is 63.2 cm³/mol. The summed E-state index contributed by atoms with van der Waals surface area (Å²) in [7, 11) is 0.703. The molecule has 1 aromatic carbocycles. The quantitative estimate of drug-likeness (QED) is 0.319. The summed E-state index contributed by atoms with van der Waals surface area (Å²) in [6, 6.07) is 9.14. The molecule has 0 aliphatic heterocycles.